The first-order chi connectivity index (χ1) is 11.4. The van der Waals surface area contributed by atoms with Crippen molar-refractivity contribution in [2.24, 2.45) is 5.92 Å². The van der Waals surface area contributed by atoms with Gasteiger partial charge >= 0.3 is 0 Å². The lowest BCUT2D eigenvalue weighted by Gasteiger charge is -2.32. The molecule has 3 atom stereocenters. The fourth-order valence-corrected chi connectivity index (χ4v) is 2.62. The van der Waals surface area contributed by atoms with Crippen LogP contribution in [0.5, 0.6) is 0 Å². The van der Waals surface area contributed by atoms with Crippen LogP contribution >= 0.6 is 0 Å². The van der Waals surface area contributed by atoms with Gasteiger partial charge in [-0.2, -0.15) is 4.98 Å². The van der Waals surface area contributed by atoms with E-state index in [-0.39, 0.29) is 35.4 Å². The third-order valence-corrected chi connectivity index (χ3v) is 4.20. The largest absolute Gasteiger partial charge is 0.390 e. The average Bonchev–Trinajstić information content (AvgIpc) is 2.94. The van der Waals surface area contributed by atoms with Gasteiger partial charge in [0.05, 0.1) is 31.2 Å². The second-order valence-electron chi connectivity index (χ2n) is 6.38. The number of aliphatic hydroxyl groups is 1. The molecule has 3 unspecified atom stereocenters. The van der Waals surface area contributed by atoms with Gasteiger partial charge in [0.2, 0.25) is 11.9 Å². The molecule has 1 fully saturated rings. The number of hydrogen-bond donors (Lipinski definition) is 3. The Morgan fingerprint density at radius 3 is 2.96 bits per heavy atom. The number of anilines is 1. The molecule has 1 saturated heterocycles. The van der Waals surface area contributed by atoms with Crippen molar-refractivity contribution >= 4 is 23.0 Å². The van der Waals surface area contributed by atoms with E-state index in [9.17, 15) is 14.7 Å². The van der Waals surface area contributed by atoms with E-state index in [1.165, 1.54) is 6.33 Å². The minimum Gasteiger partial charge on any atom is -0.390 e. The lowest BCUT2D eigenvalue weighted by atomic mass is 10.0. The standard InChI is InChI=1S/C15H21N5O4/c1-7(2)13(22)18-15-17-12-11(14(23)19-15)16-6-20(12)9-4-10(21)8(3)24-5-9/h6-10,21H,4-5H2,1-3H3,(H2,17,18,19,22,23). The molecule has 0 bridgehead atoms. The van der Waals surface area contributed by atoms with Crippen LogP contribution in [0.15, 0.2) is 11.1 Å². The Morgan fingerprint density at radius 2 is 2.29 bits per heavy atom. The minimum absolute atomic E-state index is 0.0820. The van der Waals surface area contributed by atoms with Gasteiger partial charge in [0.25, 0.3) is 5.56 Å². The number of H-pyrrole nitrogens is 1. The van der Waals surface area contributed by atoms with Gasteiger partial charge in [-0.1, -0.05) is 13.8 Å². The van der Waals surface area contributed by atoms with Crippen molar-refractivity contribution in [1.29, 1.82) is 0 Å². The van der Waals surface area contributed by atoms with Gasteiger partial charge in [0.15, 0.2) is 11.2 Å². The van der Waals surface area contributed by atoms with Gasteiger partial charge in [-0.25, -0.2) is 4.98 Å². The zero-order valence-corrected chi connectivity index (χ0v) is 13.8. The molecular formula is C15H21N5O4. The molecule has 0 radical (unpaired) electrons. The molecule has 24 heavy (non-hydrogen) atoms. The maximum atomic E-state index is 12.2. The summed E-state index contributed by atoms with van der Waals surface area (Å²) in [5, 5.41) is 12.6. The molecular weight excluding hydrogens is 314 g/mol. The molecule has 1 amide bonds. The summed E-state index contributed by atoms with van der Waals surface area (Å²) in [7, 11) is 0. The summed E-state index contributed by atoms with van der Waals surface area (Å²) in [6.07, 6.45) is 1.17. The maximum Gasteiger partial charge on any atom is 0.280 e. The first kappa shape index (κ1) is 16.6. The van der Waals surface area contributed by atoms with Gasteiger partial charge in [0.1, 0.15) is 0 Å². The van der Waals surface area contributed by atoms with Crippen LogP contribution in [0, 0.1) is 5.92 Å². The Bertz CT molecular complexity index is 812. The number of carbonyl (C=O) groups is 1. The number of hydrogen-bond acceptors (Lipinski definition) is 6. The van der Waals surface area contributed by atoms with E-state index in [1.807, 2.05) is 6.92 Å². The van der Waals surface area contributed by atoms with Crippen molar-refractivity contribution in [2.45, 2.75) is 45.4 Å². The Hall–Kier alpha value is -2.26. The van der Waals surface area contributed by atoms with Crippen LogP contribution in [0.4, 0.5) is 5.95 Å². The van der Waals surface area contributed by atoms with Crippen LogP contribution in [0.1, 0.15) is 33.2 Å². The zero-order valence-electron chi connectivity index (χ0n) is 13.8. The van der Waals surface area contributed by atoms with Crippen molar-refractivity contribution in [3.05, 3.63) is 16.7 Å². The third kappa shape index (κ3) is 3.04. The SMILES string of the molecule is CC(C)C(=O)Nc1nc2c(ncn2C2COC(C)C(O)C2)c(=O)[nH]1. The summed E-state index contributed by atoms with van der Waals surface area (Å²) in [5.41, 5.74) is 0.113. The zero-order chi connectivity index (χ0) is 17.4. The molecule has 0 aliphatic carbocycles. The van der Waals surface area contributed by atoms with E-state index in [1.54, 1.807) is 18.4 Å². The molecule has 0 spiro atoms. The topological polar surface area (TPSA) is 122 Å². The number of imidazole rings is 1. The first-order valence-electron chi connectivity index (χ1n) is 7.94. The van der Waals surface area contributed by atoms with Crippen molar-refractivity contribution < 1.29 is 14.6 Å². The number of carbonyl (C=O) groups excluding carboxylic acids is 1. The second kappa shape index (κ2) is 6.33. The fourth-order valence-electron chi connectivity index (χ4n) is 2.62. The molecule has 1 aliphatic heterocycles. The number of aromatic amines is 1. The predicted molar refractivity (Wildman–Crippen MR) is 86.7 cm³/mol. The molecule has 9 nitrogen and oxygen atoms in total. The average molecular weight is 335 g/mol. The molecule has 130 valence electrons. The highest BCUT2D eigenvalue weighted by atomic mass is 16.5. The Kier molecular flexibility index (Phi) is 4.37. The third-order valence-electron chi connectivity index (χ3n) is 4.20. The lowest BCUT2D eigenvalue weighted by molar-refractivity contribution is -0.118. The fraction of sp³-hybridized carbons (Fsp3) is 0.600. The number of nitrogens with one attached hydrogen (secondary N) is 2. The van der Waals surface area contributed by atoms with Crippen molar-refractivity contribution in [1.82, 2.24) is 19.5 Å². The molecule has 9 heteroatoms. The number of nitrogens with zero attached hydrogens (tertiary/aromatic N) is 3. The van der Waals surface area contributed by atoms with Crippen LogP contribution < -0.4 is 10.9 Å². The highest BCUT2D eigenvalue weighted by molar-refractivity contribution is 5.91. The lowest BCUT2D eigenvalue weighted by Crippen LogP contribution is -2.37. The highest BCUT2D eigenvalue weighted by Crippen LogP contribution is 2.26. The van der Waals surface area contributed by atoms with Gasteiger partial charge in [-0.3, -0.25) is 19.9 Å². The first-order valence-corrected chi connectivity index (χ1v) is 7.94. The van der Waals surface area contributed by atoms with Gasteiger partial charge < -0.3 is 14.4 Å². The summed E-state index contributed by atoms with van der Waals surface area (Å²) in [6, 6.07) is -0.177. The van der Waals surface area contributed by atoms with Crippen molar-refractivity contribution in [2.75, 3.05) is 11.9 Å². The van der Waals surface area contributed by atoms with Crippen LogP contribution in [-0.4, -0.2) is 49.3 Å². The minimum atomic E-state index is -0.594. The monoisotopic (exact) mass is 335 g/mol. The van der Waals surface area contributed by atoms with Gasteiger partial charge in [-0.15, -0.1) is 0 Å². The summed E-state index contributed by atoms with van der Waals surface area (Å²) >= 11 is 0. The van der Waals surface area contributed by atoms with Gasteiger partial charge in [-0.05, 0) is 13.3 Å². The van der Waals surface area contributed by atoms with Gasteiger partial charge in [0, 0.05) is 5.92 Å². The Labute approximate surface area is 138 Å². The number of rotatable bonds is 3. The van der Waals surface area contributed by atoms with Crippen LogP contribution in [0.3, 0.4) is 0 Å². The maximum absolute atomic E-state index is 12.2. The summed E-state index contributed by atoms with van der Waals surface area (Å²) in [6.45, 7) is 5.71. The smallest absolute Gasteiger partial charge is 0.280 e. The van der Waals surface area contributed by atoms with Crippen LogP contribution in [0.25, 0.3) is 11.2 Å². The normalized spacial score (nSPS) is 24.5. The number of aliphatic hydroxyl groups excluding tert-OH is 1. The number of fused-ring (bicyclic) bond motifs is 1. The van der Waals surface area contributed by atoms with Crippen LogP contribution in [-0.2, 0) is 9.53 Å². The Balaban J connectivity index is 1.96. The van der Waals surface area contributed by atoms with Crippen molar-refractivity contribution in [3.8, 4) is 0 Å². The molecule has 2 aromatic rings. The van der Waals surface area contributed by atoms with E-state index < -0.39 is 11.7 Å². The highest BCUT2D eigenvalue weighted by Gasteiger charge is 2.29. The molecule has 3 rings (SSSR count). The van der Waals surface area contributed by atoms with E-state index in [2.05, 4.69) is 20.3 Å². The number of ether oxygens (including phenoxy) is 1. The predicted octanol–water partition coefficient (Wildman–Crippen LogP) is 0.425. The summed E-state index contributed by atoms with van der Waals surface area (Å²) < 4.78 is 7.26. The molecule has 3 heterocycles. The number of amides is 1. The number of aromatic nitrogens is 4. The van der Waals surface area contributed by atoms with E-state index in [4.69, 9.17) is 4.74 Å². The quantitative estimate of drug-likeness (QED) is 0.747. The van der Waals surface area contributed by atoms with Crippen LogP contribution in [0.2, 0.25) is 0 Å². The molecule has 3 N–H and O–H groups in total. The van der Waals surface area contributed by atoms with E-state index in [0.717, 1.165) is 0 Å². The molecule has 2 aromatic heterocycles. The van der Waals surface area contributed by atoms with E-state index >= 15 is 0 Å². The summed E-state index contributed by atoms with van der Waals surface area (Å²) in [4.78, 5) is 34.9. The summed E-state index contributed by atoms with van der Waals surface area (Å²) in [5.74, 6) is -0.397. The van der Waals surface area contributed by atoms with Crippen molar-refractivity contribution in [3.63, 3.8) is 0 Å². The Morgan fingerprint density at radius 1 is 1.54 bits per heavy atom. The molecule has 0 aromatic carbocycles. The second-order valence-corrected chi connectivity index (χ2v) is 6.38. The molecule has 1 aliphatic rings. The molecule has 0 saturated carbocycles. The van der Waals surface area contributed by atoms with E-state index in [0.29, 0.717) is 18.7 Å².